The van der Waals surface area contributed by atoms with Crippen LogP contribution in [0.1, 0.15) is 0 Å². The van der Waals surface area contributed by atoms with Crippen LogP contribution in [-0.4, -0.2) is 91.4 Å². The number of hydrogen-bond donors (Lipinski definition) is 5. The summed E-state index contributed by atoms with van der Waals surface area (Å²) in [4.78, 5) is 51.6. The van der Waals surface area contributed by atoms with Crippen LogP contribution in [0.3, 0.4) is 0 Å². The third-order valence-corrected chi connectivity index (χ3v) is 44.7. The smallest absolute Gasteiger partial charge is 0.254 e. The van der Waals surface area contributed by atoms with Crippen LogP contribution < -0.4 is 0 Å². The van der Waals surface area contributed by atoms with E-state index in [9.17, 15) is 32.4 Å². The molecule has 144 valence electrons. The lowest BCUT2D eigenvalue weighted by Crippen LogP contribution is -2.76. The summed E-state index contributed by atoms with van der Waals surface area (Å²) in [6, 6.07) is 0. The van der Waals surface area contributed by atoms with Gasteiger partial charge in [0.1, 0.15) is 0 Å². The SMILES string of the molecule is C[Si](C)(O)C1[Si](C)(O)C[Si](O)(C[SiH2]O)C([SiH2]O)[Si]1(C)OS(C)(=O)=O. The highest BCUT2D eigenvalue weighted by Gasteiger charge is 2.71. The molecule has 0 aromatic rings. The lowest BCUT2D eigenvalue weighted by molar-refractivity contribution is 0.452. The molecular formula is C9H30O8SSi6. The lowest BCUT2D eigenvalue weighted by Gasteiger charge is -2.57. The predicted octanol–water partition coefficient (Wildman–Crippen LogP) is -2.78. The molecule has 0 aromatic heterocycles. The summed E-state index contributed by atoms with van der Waals surface area (Å²) in [5.74, 6) is 0. The molecule has 0 aromatic carbocycles. The van der Waals surface area contributed by atoms with Crippen LogP contribution in [0.2, 0.25) is 47.1 Å². The Kier molecular flexibility index (Phi) is 6.92. The van der Waals surface area contributed by atoms with Crippen molar-refractivity contribution in [2.24, 2.45) is 0 Å². The Morgan fingerprint density at radius 1 is 1.25 bits per heavy atom. The largest absolute Gasteiger partial charge is 0.438 e. The summed E-state index contributed by atoms with van der Waals surface area (Å²) in [5, 5.41) is 0. The van der Waals surface area contributed by atoms with Gasteiger partial charge in [0.2, 0.25) is 8.32 Å². The monoisotopic (exact) mass is 466 g/mol. The molecule has 1 heterocycles. The first-order valence-electron chi connectivity index (χ1n) is 7.83. The number of hydrogen-bond acceptors (Lipinski definition) is 8. The zero-order valence-corrected chi connectivity index (χ0v) is 22.5. The molecule has 1 aliphatic heterocycles. The molecule has 24 heavy (non-hydrogen) atoms. The molecule has 8 nitrogen and oxygen atoms in total. The predicted molar refractivity (Wildman–Crippen MR) is 108 cm³/mol. The van der Waals surface area contributed by atoms with E-state index in [4.69, 9.17) is 3.87 Å². The fourth-order valence-corrected chi connectivity index (χ4v) is 58.4. The summed E-state index contributed by atoms with van der Waals surface area (Å²) < 4.78 is 29.4. The van der Waals surface area contributed by atoms with E-state index in [1.54, 1.807) is 26.2 Å². The first kappa shape index (κ1) is 23.1. The van der Waals surface area contributed by atoms with Gasteiger partial charge in [-0.25, -0.2) is 8.42 Å². The maximum atomic E-state index is 11.9. The summed E-state index contributed by atoms with van der Waals surface area (Å²) in [5.41, 5.74) is 0.368. The third-order valence-electron chi connectivity index (χ3n) is 4.96. The van der Waals surface area contributed by atoms with Crippen molar-refractivity contribution in [3.63, 3.8) is 0 Å². The molecule has 1 saturated heterocycles. The quantitative estimate of drug-likeness (QED) is 0.264. The highest BCUT2D eigenvalue weighted by molar-refractivity contribution is 7.87. The zero-order valence-electron chi connectivity index (χ0n) is 14.9. The van der Waals surface area contributed by atoms with E-state index in [1.807, 2.05) is 0 Å². The van der Waals surface area contributed by atoms with Crippen LogP contribution in [0.25, 0.3) is 0 Å². The van der Waals surface area contributed by atoms with Gasteiger partial charge in [0.25, 0.3) is 10.1 Å². The zero-order chi connectivity index (χ0) is 19.2. The summed E-state index contributed by atoms with van der Waals surface area (Å²) in [6.45, 7) is 6.58. The average Bonchev–Trinajstić information content (AvgIpc) is 2.20. The summed E-state index contributed by atoms with van der Waals surface area (Å²) >= 11 is 0. The second kappa shape index (κ2) is 7.20. The molecule has 0 saturated carbocycles. The second-order valence-corrected chi connectivity index (χ2v) is 32.7. The van der Waals surface area contributed by atoms with Crippen LogP contribution in [0.4, 0.5) is 0 Å². The molecule has 5 unspecified atom stereocenters. The minimum Gasteiger partial charge on any atom is -0.438 e. The Hall–Kier alpha value is 1.01. The van der Waals surface area contributed by atoms with Gasteiger partial charge in [-0.2, -0.15) is 0 Å². The van der Waals surface area contributed by atoms with E-state index in [0.29, 0.717) is 0 Å². The molecule has 15 heteroatoms. The molecule has 1 aliphatic rings. The van der Waals surface area contributed by atoms with Crippen molar-refractivity contribution in [3.05, 3.63) is 0 Å². The molecule has 0 spiro atoms. The standard InChI is InChI=1S/C9H30O8SSi6/c1-18(10,11)17-23(5)8(20-13)24(16,6-19-12)7-22(4,15)9(23)21(2,3)14/h8-9,12-16H,6-7,19-20H2,1-5H3. The Morgan fingerprint density at radius 3 is 2.08 bits per heavy atom. The van der Waals surface area contributed by atoms with E-state index >= 15 is 0 Å². The second-order valence-electron chi connectivity index (χ2n) is 7.90. The Labute approximate surface area is 152 Å². The summed E-state index contributed by atoms with van der Waals surface area (Å²) in [6.07, 6.45) is 0.927. The minimum absolute atomic E-state index is 0.156. The Morgan fingerprint density at radius 2 is 1.75 bits per heavy atom. The molecule has 1 rings (SSSR count). The molecular weight excluding hydrogens is 437 g/mol. The van der Waals surface area contributed by atoms with E-state index in [-0.39, 0.29) is 11.3 Å². The van der Waals surface area contributed by atoms with Crippen LogP contribution in [0.5, 0.6) is 0 Å². The lowest BCUT2D eigenvalue weighted by atomic mass is 11.7. The van der Waals surface area contributed by atoms with Crippen molar-refractivity contribution in [2.45, 2.75) is 47.1 Å². The highest BCUT2D eigenvalue weighted by Crippen LogP contribution is 2.54. The van der Waals surface area contributed by atoms with Gasteiger partial charge in [0.15, 0.2) is 44.5 Å². The molecule has 0 amide bonds. The molecule has 5 atom stereocenters. The van der Waals surface area contributed by atoms with Crippen LogP contribution in [-0.2, 0) is 14.0 Å². The Balaban J connectivity index is 3.66. The van der Waals surface area contributed by atoms with Crippen molar-refractivity contribution in [1.82, 2.24) is 0 Å². The van der Waals surface area contributed by atoms with Crippen molar-refractivity contribution < 1.29 is 36.3 Å². The van der Waals surface area contributed by atoms with Gasteiger partial charge in [-0.3, -0.25) is 0 Å². The highest BCUT2D eigenvalue weighted by atomic mass is 32.2. The average molecular weight is 467 g/mol. The van der Waals surface area contributed by atoms with Gasteiger partial charge in [-0.1, -0.05) is 0 Å². The summed E-state index contributed by atoms with van der Waals surface area (Å²) in [7, 11) is -20.1. The molecule has 0 radical (unpaired) electrons. The number of rotatable bonds is 6. The first-order chi connectivity index (χ1) is 10.5. The topological polar surface area (TPSA) is 145 Å². The van der Waals surface area contributed by atoms with Crippen LogP contribution in [0, 0.1) is 0 Å². The molecule has 0 aliphatic carbocycles. The fraction of sp³-hybridized carbons (Fsp3) is 1.00. The van der Waals surface area contributed by atoms with Crippen molar-refractivity contribution in [2.75, 3.05) is 6.26 Å². The molecule has 0 bridgehead atoms. The van der Waals surface area contributed by atoms with Crippen molar-refractivity contribution in [1.29, 1.82) is 0 Å². The van der Waals surface area contributed by atoms with E-state index in [0.717, 1.165) is 6.26 Å². The van der Waals surface area contributed by atoms with E-state index in [1.165, 1.54) is 0 Å². The van der Waals surface area contributed by atoms with Crippen molar-refractivity contribution >= 4 is 62.9 Å². The third kappa shape index (κ3) is 4.64. The van der Waals surface area contributed by atoms with Gasteiger partial charge in [0.05, 0.1) is 6.26 Å². The van der Waals surface area contributed by atoms with Gasteiger partial charge in [-0.05, 0) is 37.5 Å². The van der Waals surface area contributed by atoms with Crippen LogP contribution >= 0.6 is 0 Å². The normalized spacial score (nSPS) is 42.4. The molecule has 1 fully saturated rings. The molecule has 5 N–H and O–H groups in total. The van der Waals surface area contributed by atoms with E-state index in [2.05, 4.69) is 0 Å². The van der Waals surface area contributed by atoms with E-state index < -0.39 is 72.5 Å². The maximum Gasteiger partial charge on any atom is 0.254 e. The van der Waals surface area contributed by atoms with Crippen LogP contribution in [0.15, 0.2) is 0 Å². The van der Waals surface area contributed by atoms with Gasteiger partial charge in [-0.15, -0.1) is 0 Å². The fourth-order valence-electron chi connectivity index (χ4n) is 4.90. The minimum atomic E-state index is -3.88. The van der Waals surface area contributed by atoms with Gasteiger partial charge >= 0.3 is 0 Å². The Bertz CT molecular complexity index is 567. The van der Waals surface area contributed by atoms with Gasteiger partial charge < -0.3 is 27.9 Å². The van der Waals surface area contributed by atoms with Gasteiger partial charge in [0, 0.05) is 9.58 Å². The first-order valence-corrected chi connectivity index (χ1v) is 23.5. The van der Waals surface area contributed by atoms with Crippen molar-refractivity contribution in [3.8, 4) is 0 Å². The maximum absolute atomic E-state index is 11.9.